The van der Waals surface area contributed by atoms with E-state index in [1.54, 1.807) is 12.1 Å². The van der Waals surface area contributed by atoms with Crippen LogP contribution in [0.15, 0.2) is 42.5 Å². The molecule has 0 fully saturated rings. The fraction of sp³-hybridized carbons (Fsp3) is 0.125. The quantitative estimate of drug-likeness (QED) is 0.125. The van der Waals surface area contributed by atoms with Crippen molar-refractivity contribution in [1.82, 2.24) is 0 Å². The van der Waals surface area contributed by atoms with Gasteiger partial charge in [0.1, 0.15) is 11.3 Å². The van der Waals surface area contributed by atoms with Gasteiger partial charge in [0, 0.05) is 15.7 Å². The summed E-state index contributed by atoms with van der Waals surface area (Å²) in [5.74, 6) is -2.94. The Bertz CT molecular complexity index is 1100. The Morgan fingerprint density at radius 1 is 1.10 bits per heavy atom. The summed E-state index contributed by atoms with van der Waals surface area (Å²) in [5, 5.41) is 6.13. The Morgan fingerprint density at radius 3 is 2.23 bits per heavy atom. The topological polar surface area (TPSA) is 153 Å². The van der Waals surface area contributed by atoms with Crippen LogP contribution in [0.4, 0.5) is 14.5 Å². The summed E-state index contributed by atoms with van der Waals surface area (Å²) in [4.78, 5) is 34.1. The number of nitrogens with zero attached hydrogens (tertiary/aromatic N) is 1. The van der Waals surface area contributed by atoms with E-state index >= 15 is 0 Å². The van der Waals surface area contributed by atoms with E-state index < -0.39 is 50.1 Å². The van der Waals surface area contributed by atoms with Crippen LogP contribution in [-0.2, 0) is 14.9 Å². The molecule has 0 aliphatic carbocycles. The number of carbonyl (C=O) groups is 2. The smallest absolute Gasteiger partial charge is 0.367 e. The van der Waals surface area contributed by atoms with Gasteiger partial charge < -0.3 is 14.0 Å². The van der Waals surface area contributed by atoms with Gasteiger partial charge in [0.25, 0.3) is 5.69 Å². The SMILES string of the molecule is O=C(Oc1ccc([N+](=O)[O-])c(C(=O)OCC(F)(F)S(=O)(=O)[O-])c1)c1ccc(I)cc1. The van der Waals surface area contributed by atoms with Crippen molar-refractivity contribution < 1.29 is 45.7 Å². The van der Waals surface area contributed by atoms with Gasteiger partial charge in [-0.25, -0.2) is 18.0 Å². The lowest BCUT2D eigenvalue weighted by molar-refractivity contribution is -0.385. The molecule has 160 valence electrons. The van der Waals surface area contributed by atoms with E-state index in [0.717, 1.165) is 15.7 Å². The van der Waals surface area contributed by atoms with Crippen molar-refractivity contribution >= 4 is 50.3 Å². The fourth-order valence-electron chi connectivity index (χ4n) is 1.95. The molecule has 2 aromatic rings. The minimum Gasteiger partial charge on any atom is -0.743 e. The van der Waals surface area contributed by atoms with Gasteiger partial charge in [0.15, 0.2) is 16.7 Å². The van der Waals surface area contributed by atoms with Crippen LogP contribution in [0.25, 0.3) is 0 Å². The number of halogens is 3. The summed E-state index contributed by atoms with van der Waals surface area (Å²) in [5.41, 5.74) is -1.66. The van der Waals surface area contributed by atoms with Gasteiger partial charge in [0.2, 0.25) is 0 Å². The average molecular weight is 556 g/mol. The molecule has 0 heterocycles. The molecule has 0 aromatic heterocycles. The zero-order valence-corrected chi connectivity index (χ0v) is 17.4. The Balaban J connectivity index is 2.27. The molecule has 0 atom stereocenters. The number of hydrogen-bond acceptors (Lipinski definition) is 9. The number of rotatable bonds is 7. The molecule has 0 aliphatic rings. The van der Waals surface area contributed by atoms with E-state index in [1.807, 2.05) is 22.6 Å². The standard InChI is InChI=1S/C16H10F2INO9S/c17-16(18,30(25,26)27)8-28-15(22)12-7-11(5-6-13(12)20(23)24)29-14(21)9-1-3-10(19)4-2-9/h1-7H,8H2,(H,25,26,27)/p-1. The maximum Gasteiger partial charge on any atom is 0.367 e. The first-order valence-electron chi connectivity index (χ1n) is 7.58. The normalized spacial score (nSPS) is 11.6. The van der Waals surface area contributed by atoms with Crippen molar-refractivity contribution in [2.75, 3.05) is 6.61 Å². The molecule has 0 saturated heterocycles. The maximum absolute atomic E-state index is 13.2. The molecule has 0 radical (unpaired) electrons. The second-order valence-corrected chi connectivity index (χ2v) is 8.25. The Labute approximate surface area is 180 Å². The van der Waals surface area contributed by atoms with Gasteiger partial charge in [-0.2, -0.15) is 8.78 Å². The number of ether oxygens (including phenoxy) is 2. The second-order valence-electron chi connectivity index (χ2n) is 5.50. The lowest BCUT2D eigenvalue weighted by Crippen LogP contribution is -2.34. The van der Waals surface area contributed by atoms with Crippen LogP contribution in [0, 0.1) is 13.7 Å². The first-order valence-corrected chi connectivity index (χ1v) is 10.1. The maximum atomic E-state index is 13.2. The number of nitro benzene ring substituents is 1. The Morgan fingerprint density at radius 2 is 1.70 bits per heavy atom. The summed E-state index contributed by atoms with van der Waals surface area (Å²) in [6.07, 6.45) is 0. The average Bonchev–Trinajstić information content (AvgIpc) is 2.65. The van der Waals surface area contributed by atoms with Gasteiger partial charge in [0.05, 0.1) is 10.5 Å². The zero-order chi connectivity index (χ0) is 22.7. The van der Waals surface area contributed by atoms with Crippen molar-refractivity contribution in [3.63, 3.8) is 0 Å². The van der Waals surface area contributed by atoms with Crippen LogP contribution in [0.5, 0.6) is 5.75 Å². The number of esters is 2. The molecule has 0 saturated carbocycles. The van der Waals surface area contributed by atoms with Crippen molar-refractivity contribution in [3.05, 3.63) is 67.3 Å². The minimum atomic E-state index is -6.13. The largest absolute Gasteiger partial charge is 0.743 e. The summed E-state index contributed by atoms with van der Waals surface area (Å²) in [6.45, 7) is -2.15. The van der Waals surface area contributed by atoms with Crippen molar-refractivity contribution in [3.8, 4) is 5.75 Å². The predicted octanol–water partition coefficient (Wildman–Crippen LogP) is 2.71. The Kier molecular flexibility index (Phi) is 7.04. The summed E-state index contributed by atoms with van der Waals surface area (Å²) < 4.78 is 67.5. The van der Waals surface area contributed by atoms with Gasteiger partial charge >= 0.3 is 17.2 Å². The van der Waals surface area contributed by atoms with Crippen molar-refractivity contribution in [2.45, 2.75) is 5.25 Å². The van der Waals surface area contributed by atoms with E-state index in [9.17, 15) is 41.5 Å². The van der Waals surface area contributed by atoms with Crippen molar-refractivity contribution in [1.29, 1.82) is 0 Å². The van der Waals surface area contributed by atoms with Crippen LogP contribution in [0.1, 0.15) is 20.7 Å². The fourth-order valence-corrected chi connectivity index (χ4v) is 2.52. The van der Waals surface area contributed by atoms with Crippen LogP contribution in [0.3, 0.4) is 0 Å². The van der Waals surface area contributed by atoms with Gasteiger partial charge in [-0.1, -0.05) is 0 Å². The molecular formula is C16H9F2INO9S-. The third kappa shape index (κ3) is 5.67. The van der Waals surface area contributed by atoms with Gasteiger partial charge in [-0.15, -0.1) is 0 Å². The number of benzene rings is 2. The van der Waals surface area contributed by atoms with E-state index in [0.29, 0.717) is 6.07 Å². The molecule has 10 nitrogen and oxygen atoms in total. The number of carbonyl (C=O) groups excluding carboxylic acids is 2. The molecule has 0 aliphatic heterocycles. The molecule has 0 N–H and O–H groups in total. The molecule has 14 heteroatoms. The highest BCUT2D eigenvalue weighted by Gasteiger charge is 2.40. The van der Waals surface area contributed by atoms with E-state index in [4.69, 9.17) is 4.74 Å². The first-order chi connectivity index (χ1) is 13.8. The minimum absolute atomic E-state index is 0.123. The summed E-state index contributed by atoms with van der Waals surface area (Å²) in [7, 11) is -6.13. The molecule has 30 heavy (non-hydrogen) atoms. The number of alkyl halides is 2. The number of hydrogen-bond donors (Lipinski definition) is 0. The van der Waals surface area contributed by atoms with E-state index in [1.165, 1.54) is 12.1 Å². The molecule has 2 rings (SSSR count). The van der Waals surface area contributed by atoms with Crippen LogP contribution in [-0.4, -0.2) is 41.7 Å². The molecule has 0 amide bonds. The van der Waals surface area contributed by atoms with Crippen LogP contribution in [0.2, 0.25) is 0 Å². The second kappa shape index (κ2) is 8.97. The van der Waals surface area contributed by atoms with Gasteiger partial charge in [-0.3, -0.25) is 10.1 Å². The Hall–Kier alpha value is -2.72. The molecule has 0 spiro atoms. The monoisotopic (exact) mass is 556 g/mol. The third-order valence-electron chi connectivity index (χ3n) is 3.41. The van der Waals surface area contributed by atoms with Gasteiger partial charge in [-0.05, 0) is 52.9 Å². The van der Waals surface area contributed by atoms with Crippen LogP contribution < -0.4 is 4.74 Å². The summed E-state index contributed by atoms with van der Waals surface area (Å²) >= 11 is 2.00. The van der Waals surface area contributed by atoms with Crippen LogP contribution >= 0.6 is 22.6 Å². The predicted molar refractivity (Wildman–Crippen MR) is 102 cm³/mol. The highest BCUT2D eigenvalue weighted by Crippen LogP contribution is 2.27. The van der Waals surface area contributed by atoms with E-state index in [-0.39, 0.29) is 11.3 Å². The van der Waals surface area contributed by atoms with Crippen molar-refractivity contribution in [2.24, 2.45) is 0 Å². The molecule has 0 bridgehead atoms. The molecular weight excluding hydrogens is 547 g/mol. The third-order valence-corrected chi connectivity index (χ3v) is 4.98. The highest BCUT2D eigenvalue weighted by molar-refractivity contribution is 14.1. The highest BCUT2D eigenvalue weighted by atomic mass is 127. The lowest BCUT2D eigenvalue weighted by atomic mass is 10.1. The lowest BCUT2D eigenvalue weighted by Gasteiger charge is -2.19. The van der Waals surface area contributed by atoms with E-state index in [2.05, 4.69) is 4.74 Å². The zero-order valence-electron chi connectivity index (χ0n) is 14.4. The summed E-state index contributed by atoms with van der Waals surface area (Å²) in [6, 6.07) is 8.53. The number of nitro groups is 1. The first kappa shape index (κ1) is 23.6. The molecule has 0 unspecified atom stereocenters. The molecule has 2 aromatic carbocycles.